The van der Waals surface area contributed by atoms with Crippen LogP contribution in [0.25, 0.3) is 0 Å². The van der Waals surface area contributed by atoms with Gasteiger partial charge in [-0.3, -0.25) is 4.79 Å². The number of nitrogens with zero attached hydrogens (tertiary/aromatic N) is 2. The third-order valence-electron chi connectivity index (χ3n) is 3.07. The lowest BCUT2D eigenvalue weighted by molar-refractivity contribution is 0.102. The maximum atomic E-state index is 12.3. The molecule has 0 bridgehead atoms. The third-order valence-corrected chi connectivity index (χ3v) is 3.07. The Kier molecular flexibility index (Phi) is 4.35. The second-order valence-electron chi connectivity index (χ2n) is 4.74. The lowest BCUT2D eigenvalue weighted by Crippen LogP contribution is -2.17. The molecule has 20 heavy (non-hydrogen) atoms. The summed E-state index contributed by atoms with van der Waals surface area (Å²) in [7, 11) is 3.80. The largest absolute Gasteiger partial charge is 0.363 e. The van der Waals surface area contributed by atoms with Crippen molar-refractivity contribution in [3.8, 4) is 0 Å². The molecule has 4 heteroatoms. The summed E-state index contributed by atoms with van der Waals surface area (Å²) in [6.07, 6.45) is 0.877. The highest BCUT2D eigenvalue weighted by molar-refractivity contribution is 6.03. The van der Waals surface area contributed by atoms with Crippen molar-refractivity contribution in [1.82, 2.24) is 4.98 Å². The highest BCUT2D eigenvalue weighted by Crippen LogP contribution is 2.17. The highest BCUT2D eigenvalue weighted by atomic mass is 16.1. The molecule has 0 atom stereocenters. The highest BCUT2D eigenvalue weighted by Gasteiger charge is 2.10. The minimum absolute atomic E-state index is 0.186. The van der Waals surface area contributed by atoms with Gasteiger partial charge in [-0.2, -0.15) is 0 Å². The van der Waals surface area contributed by atoms with Crippen molar-refractivity contribution in [2.75, 3.05) is 24.3 Å². The van der Waals surface area contributed by atoms with Gasteiger partial charge in [0.05, 0.1) is 0 Å². The minimum atomic E-state index is -0.186. The molecule has 1 aromatic heterocycles. The van der Waals surface area contributed by atoms with E-state index in [9.17, 15) is 4.79 Å². The number of hydrogen-bond donors (Lipinski definition) is 1. The SMILES string of the molecule is CCc1ccccc1NC(=O)c1cccc(N(C)C)n1. The molecule has 0 aliphatic carbocycles. The van der Waals surface area contributed by atoms with E-state index < -0.39 is 0 Å². The molecule has 0 fully saturated rings. The Morgan fingerprint density at radius 2 is 1.90 bits per heavy atom. The van der Waals surface area contributed by atoms with Crippen LogP contribution in [0.3, 0.4) is 0 Å². The summed E-state index contributed by atoms with van der Waals surface area (Å²) in [5, 5.41) is 2.92. The molecule has 1 aromatic carbocycles. The molecule has 2 rings (SSSR count). The molecule has 0 aliphatic rings. The van der Waals surface area contributed by atoms with Crippen LogP contribution in [0.2, 0.25) is 0 Å². The van der Waals surface area contributed by atoms with Crippen LogP contribution in [0, 0.1) is 0 Å². The van der Waals surface area contributed by atoms with Gasteiger partial charge in [0, 0.05) is 19.8 Å². The average Bonchev–Trinajstić information content (AvgIpc) is 2.48. The number of aromatic nitrogens is 1. The fourth-order valence-corrected chi connectivity index (χ4v) is 1.94. The van der Waals surface area contributed by atoms with E-state index in [1.54, 1.807) is 6.07 Å². The molecule has 104 valence electrons. The molecular formula is C16H19N3O. The van der Waals surface area contributed by atoms with Crippen LogP contribution in [0.5, 0.6) is 0 Å². The Bertz CT molecular complexity index is 608. The lowest BCUT2D eigenvalue weighted by Gasteiger charge is -2.13. The van der Waals surface area contributed by atoms with Crippen molar-refractivity contribution in [3.05, 3.63) is 53.7 Å². The van der Waals surface area contributed by atoms with Crippen molar-refractivity contribution in [1.29, 1.82) is 0 Å². The van der Waals surface area contributed by atoms with Crippen LogP contribution in [0.1, 0.15) is 23.0 Å². The number of pyridine rings is 1. The van der Waals surface area contributed by atoms with Crippen LogP contribution in [-0.2, 0) is 6.42 Å². The maximum absolute atomic E-state index is 12.3. The smallest absolute Gasteiger partial charge is 0.274 e. The van der Waals surface area contributed by atoms with Crippen molar-refractivity contribution < 1.29 is 4.79 Å². The Balaban J connectivity index is 2.22. The number of anilines is 2. The second kappa shape index (κ2) is 6.19. The summed E-state index contributed by atoms with van der Waals surface area (Å²) >= 11 is 0. The Morgan fingerprint density at radius 1 is 1.15 bits per heavy atom. The molecule has 2 aromatic rings. The molecule has 4 nitrogen and oxygen atoms in total. The number of carbonyl (C=O) groups is 1. The predicted octanol–water partition coefficient (Wildman–Crippen LogP) is 2.96. The van der Waals surface area contributed by atoms with Gasteiger partial charge in [0.15, 0.2) is 0 Å². The zero-order chi connectivity index (χ0) is 14.5. The van der Waals surface area contributed by atoms with E-state index in [2.05, 4.69) is 17.2 Å². The molecular weight excluding hydrogens is 250 g/mol. The number of para-hydroxylation sites is 1. The monoisotopic (exact) mass is 269 g/mol. The summed E-state index contributed by atoms with van der Waals surface area (Å²) in [5.74, 6) is 0.580. The summed E-state index contributed by atoms with van der Waals surface area (Å²) in [6.45, 7) is 2.07. The van der Waals surface area contributed by atoms with E-state index in [-0.39, 0.29) is 5.91 Å². The molecule has 0 unspecified atom stereocenters. The van der Waals surface area contributed by atoms with Gasteiger partial charge in [0.1, 0.15) is 11.5 Å². The minimum Gasteiger partial charge on any atom is -0.363 e. The van der Waals surface area contributed by atoms with Gasteiger partial charge in [-0.25, -0.2) is 4.98 Å². The maximum Gasteiger partial charge on any atom is 0.274 e. The van der Waals surface area contributed by atoms with E-state index in [1.165, 1.54) is 0 Å². The molecule has 0 saturated heterocycles. The Labute approximate surface area is 119 Å². The first-order valence-corrected chi connectivity index (χ1v) is 6.65. The van der Waals surface area contributed by atoms with Crippen LogP contribution < -0.4 is 10.2 Å². The van der Waals surface area contributed by atoms with Gasteiger partial charge < -0.3 is 10.2 Å². The zero-order valence-corrected chi connectivity index (χ0v) is 12.1. The summed E-state index contributed by atoms with van der Waals surface area (Å²) in [4.78, 5) is 18.5. The van der Waals surface area contributed by atoms with E-state index in [1.807, 2.05) is 55.4 Å². The fourth-order valence-electron chi connectivity index (χ4n) is 1.94. The van der Waals surface area contributed by atoms with Crippen LogP contribution in [-0.4, -0.2) is 25.0 Å². The normalized spacial score (nSPS) is 10.2. The molecule has 0 aliphatic heterocycles. The van der Waals surface area contributed by atoms with E-state index in [4.69, 9.17) is 0 Å². The summed E-state index contributed by atoms with van der Waals surface area (Å²) in [5.41, 5.74) is 2.38. The molecule has 0 spiro atoms. The number of aryl methyl sites for hydroxylation is 1. The summed E-state index contributed by atoms with van der Waals surface area (Å²) < 4.78 is 0. The fraction of sp³-hybridized carbons (Fsp3) is 0.250. The van der Waals surface area contributed by atoms with Crippen molar-refractivity contribution in [2.24, 2.45) is 0 Å². The van der Waals surface area contributed by atoms with Gasteiger partial charge >= 0.3 is 0 Å². The first kappa shape index (κ1) is 14.1. The molecule has 0 radical (unpaired) electrons. The average molecular weight is 269 g/mol. The molecule has 1 heterocycles. The molecule has 1 amide bonds. The Hall–Kier alpha value is -2.36. The Morgan fingerprint density at radius 3 is 2.60 bits per heavy atom. The third kappa shape index (κ3) is 3.15. The van der Waals surface area contributed by atoms with Gasteiger partial charge in [-0.1, -0.05) is 31.2 Å². The van der Waals surface area contributed by atoms with Gasteiger partial charge in [0.2, 0.25) is 0 Å². The van der Waals surface area contributed by atoms with Crippen LogP contribution in [0.4, 0.5) is 11.5 Å². The van der Waals surface area contributed by atoms with E-state index in [0.29, 0.717) is 5.69 Å². The molecule has 1 N–H and O–H groups in total. The number of benzene rings is 1. The van der Waals surface area contributed by atoms with Crippen LogP contribution >= 0.6 is 0 Å². The number of nitrogens with one attached hydrogen (secondary N) is 1. The van der Waals surface area contributed by atoms with Crippen molar-refractivity contribution in [3.63, 3.8) is 0 Å². The first-order chi connectivity index (χ1) is 9.61. The standard InChI is InChI=1S/C16H19N3O/c1-4-12-8-5-6-9-13(12)18-16(20)14-10-7-11-15(17-14)19(2)3/h5-11H,4H2,1-3H3,(H,18,20). The summed E-state index contributed by atoms with van der Waals surface area (Å²) in [6, 6.07) is 13.2. The predicted molar refractivity (Wildman–Crippen MR) is 82.3 cm³/mol. The molecule has 0 saturated carbocycles. The van der Waals surface area contributed by atoms with Gasteiger partial charge in [0.25, 0.3) is 5.91 Å². The number of hydrogen-bond acceptors (Lipinski definition) is 3. The zero-order valence-electron chi connectivity index (χ0n) is 12.1. The quantitative estimate of drug-likeness (QED) is 0.928. The lowest BCUT2D eigenvalue weighted by atomic mass is 10.1. The number of rotatable bonds is 4. The van der Waals surface area contributed by atoms with Gasteiger partial charge in [-0.05, 0) is 30.2 Å². The topological polar surface area (TPSA) is 45.2 Å². The van der Waals surface area contributed by atoms with E-state index in [0.717, 1.165) is 23.5 Å². The van der Waals surface area contributed by atoms with Crippen molar-refractivity contribution >= 4 is 17.4 Å². The second-order valence-corrected chi connectivity index (χ2v) is 4.74. The van der Waals surface area contributed by atoms with Crippen molar-refractivity contribution in [2.45, 2.75) is 13.3 Å². The van der Waals surface area contributed by atoms with E-state index >= 15 is 0 Å². The number of amides is 1. The first-order valence-electron chi connectivity index (χ1n) is 6.65. The van der Waals surface area contributed by atoms with Crippen LogP contribution in [0.15, 0.2) is 42.5 Å². The van der Waals surface area contributed by atoms with Gasteiger partial charge in [-0.15, -0.1) is 0 Å². The number of carbonyl (C=O) groups excluding carboxylic acids is 1.